The highest BCUT2D eigenvalue weighted by Gasteiger charge is 2.38. The molecule has 2 aliphatic heterocycles. The van der Waals surface area contributed by atoms with E-state index >= 15 is 0 Å². The number of imidazole rings is 1. The Labute approximate surface area is 157 Å². The minimum absolute atomic E-state index is 0.295. The average molecular weight is 382 g/mol. The van der Waals surface area contributed by atoms with Crippen molar-refractivity contribution in [3.05, 3.63) is 21.9 Å². The fraction of sp³-hybridized carbons (Fsp3) is 0.611. The number of aromatic amines is 1. The third-order valence-electron chi connectivity index (χ3n) is 5.65. The molecule has 6 heteroatoms. The largest absolute Gasteiger partial charge is 0.331 e. The molecule has 130 valence electrons. The van der Waals surface area contributed by atoms with Crippen molar-refractivity contribution < 1.29 is 0 Å². The van der Waals surface area contributed by atoms with Crippen molar-refractivity contribution in [3.8, 4) is 0 Å². The Bertz CT molecular complexity index is 812. The lowest BCUT2D eigenvalue weighted by molar-refractivity contribution is 0.183. The summed E-state index contributed by atoms with van der Waals surface area (Å²) in [4.78, 5) is 7.07. The van der Waals surface area contributed by atoms with Gasteiger partial charge in [0.1, 0.15) is 0 Å². The topological polar surface area (TPSA) is 24.0 Å². The predicted molar refractivity (Wildman–Crippen MR) is 106 cm³/mol. The van der Waals surface area contributed by atoms with Crippen LogP contribution in [0.4, 0.5) is 0 Å². The van der Waals surface area contributed by atoms with Crippen LogP contribution in [0.25, 0.3) is 11.0 Å². The number of thioether (sulfide) groups is 1. The maximum absolute atomic E-state index is 6.82. The van der Waals surface area contributed by atoms with E-state index in [0.717, 1.165) is 32.9 Å². The summed E-state index contributed by atoms with van der Waals surface area (Å²) in [7, 11) is 2.29. The first-order valence-electron chi connectivity index (χ1n) is 8.77. The van der Waals surface area contributed by atoms with E-state index in [-0.39, 0.29) is 0 Å². The van der Waals surface area contributed by atoms with Gasteiger partial charge < -0.3 is 14.5 Å². The number of halogens is 1. The highest BCUT2D eigenvalue weighted by atomic mass is 35.5. The van der Waals surface area contributed by atoms with Crippen LogP contribution in [0.2, 0.25) is 5.02 Å². The van der Waals surface area contributed by atoms with Crippen LogP contribution in [-0.4, -0.2) is 38.8 Å². The highest BCUT2D eigenvalue weighted by molar-refractivity contribution is 8.00. The number of H-pyrrole nitrogens is 1. The van der Waals surface area contributed by atoms with E-state index < -0.39 is 0 Å². The minimum atomic E-state index is 0.295. The third kappa shape index (κ3) is 2.74. The van der Waals surface area contributed by atoms with Crippen molar-refractivity contribution in [2.75, 3.05) is 7.05 Å². The Hall–Kier alpha value is -0.490. The average Bonchev–Trinajstić information content (AvgIpc) is 2.95. The summed E-state index contributed by atoms with van der Waals surface area (Å²) in [5, 5.41) is 1.52. The van der Waals surface area contributed by atoms with Crippen molar-refractivity contribution >= 4 is 46.6 Å². The van der Waals surface area contributed by atoms with Crippen LogP contribution in [0, 0.1) is 4.77 Å². The fourth-order valence-electron chi connectivity index (χ4n) is 4.38. The lowest BCUT2D eigenvalue weighted by Crippen LogP contribution is -2.40. The smallest absolute Gasteiger partial charge is 0.178 e. The van der Waals surface area contributed by atoms with Crippen LogP contribution in [0.15, 0.2) is 17.0 Å². The number of nitrogens with one attached hydrogen (secondary N) is 1. The normalized spacial score (nSPS) is 27.5. The number of hydrogen-bond acceptors (Lipinski definition) is 3. The number of aromatic nitrogens is 2. The van der Waals surface area contributed by atoms with Gasteiger partial charge in [-0.2, -0.15) is 0 Å². The Kier molecular flexibility index (Phi) is 4.48. The Morgan fingerprint density at radius 2 is 1.92 bits per heavy atom. The SMILES string of the molecule is CC(C)n1c(=S)[nH]c2ccc(S[C@@H]3C[C@H]4CC[C@@H](C3)N4C)c(Cl)c21. The second-order valence-corrected chi connectivity index (χ2v) is 9.54. The van der Waals surface area contributed by atoms with E-state index in [0.29, 0.717) is 11.3 Å². The van der Waals surface area contributed by atoms with Crippen LogP contribution in [0.1, 0.15) is 45.6 Å². The zero-order chi connectivity index (χ0) is 17.0. The number of rotatable bonds is 3. The summed E-state index contributed by atoms with van der Waals surface area (Å²) in [6, 6.07) is 6.10. The van der Waals surface area contributed by atoms with E-state index in [9.17, 15) is 0 Å². The Morgan fingerprint density at radius 3 is 2.54 bits per heavy atom. The standard InChI is InChI=1S/C18H24ClN3S2/c1-10(2)22-17-14(20-18(22)23)6-7-15(16(17)19)24-13-8-11-4-5-12(9-13)21(11)3/h6-7,10-13H,4-5,8-9H2,1-3H3,(H,20,23)/t11-,12+,13-. The molecule has 0 amide bonds. The molecule has 0 saturated carbocycles. The fourth-order valence-corrected chi connectivity index (χ4v) is 6.52. The van der Waals surface area contributed by atoms with Crippen molar-refractivity contribution in [1.82, 2.24) is 14.5 Å². The highest BCUT2D eigenvalue weighted by Crippen LogP contribution is 2.44. The van der Waals surface area contributed by atoms with Gasteiger partial charge in [0.05, 0.1) is 16.1 Å². The molecule has 3 heterocycles. The molecule has 3 nitrogen and oxygen atoms in total. The molecule has 4 rings (SSSR count). The molecule has 0 radical (unpaired) electrons. The molecule has 1 aromatic heterocycles. The van der Waals surface area contributed by atoms with Crippen LogP contribution < -0.4 is 0 Å². The van der Waals surface area contributed by atoms with Gasteiger partial charge in [-0.3, -0.25) is 0 Å². The van der Waals surface area contributed by atoms with Crippen molar-refractivity contribution in [2.45, 2.75) is 67.8 Å². The maximum Gasteiger partial charge on any atom is 0.178 e. The lowest BCUT2D eigenvalue weighted by atomic mass is 10.0. The molecule has 0 spiro atoms. The third-order valence-corrected chi connectivity index (χ3v) is 7.75. The van der Waals surface area contributed by atoms with Gasteiger partial charge in [0.2, 0.25) is 0 Å². The number of fused-ring (bicyclic) bond motifs is 3. The van der Waals surface area contributed by atoms with Crippen LogP contribution in [0.3, 0.4) is 0 Å². The predicted octanol–water partition coefficient (Wildman–Crippen LogP) is 5.65. The molecule has 2 fully saturated rings. The first-order chi connectivity index (χ1) is 11.5. The molecule has 2 aliphatic rings. The zero-order valence-electron chi connectivity index (χ0n) is 14.4. The number of nitrogens with zero attached hydrogens (tertiary/aromatic N) is 2. The van der Waals surface area contributed by atoms with Gasteiger partial charge in [0, 0.05) is 28.3 Å². The van der Waals surface area contributed by atoms with Crippen molar-refractivity contribution in [1.29, 1.82) is 0 Å². The van der Waals surface area contributed by atoms with E-state index in [1.165, 1.54) is 30.6 Å². The molecule has 0 aliphatic carbocycles. The number of hydrogen-bond donors (Lipinski definition) is 1. The summed E-state index contributed by atoms with van der Waals surface area (Å²) in [6.07, 6.45) is 5.26. The van der Waals surface area contributed by atoms with Gasteiger partial charge >= 0.3 is 0 Å². The molecule has 2 bridgehead atoms. The molecule has 2 saturated heterocycles. The van der Waals surface area contributed by atoms with E-state index in [1.54, 1.807) is 0 Å². The van der Waals surface area contributed by atoms with Crippen LogP contribution in [-0.2, 0) is 0 Å². The van der Waals surface area contributed by atoms with Gasteiger partial charge in [-0.1, -0.05) is 11.6 Å². The van der Waals surface area contributed by atoms with E-state index in [1.807, 2.05) is 11.8 Å². The van der Waals surface area contributed by atoms with Gasteiger partial charge in [-0.25, -0.2) is 0 Å². The van der Waals surface area contributed by atoms with Crippen LogP contribution in [0.5, 0.6) is 0 Å². The molecular formula is C18H24ClN3S2. The van der Waals surface area contributed by atoms with Gasteiger partial charge in [-0.15, -0.1) is 11.8 Å². The van der Waals surface area contributed by atoms with Gasteiger partial charge in [0.15, 0.2) is 4.77 Å². The Balaban J connectivity index is 1.67. The summed E-state index contributed by atoms with van der Waals surface area (Å²) in [5.41, 5.74) is 2.09. The quantitative estimate of drug-likeness (QED) is 0.695. The molecule has 1 aromatic carbocycles. The molecular weight excluding hydrogens is 358 g/mol. The monoisotopic (exact) mass is 381 g/mol. The number of piperidine rings is 1. The van der Waals surface area contributed by atoms with E-state index in [4.69, 9.17) is 23.8 Å². The lowest BCUT2D eigenvalue weighted by Gasteiger charge is -2.36. The second-order valence-electron chi connectivity index (χ2n) is 7.43. The molecule has 24 heavy (non-hydrogen) atoms. The van der Waals surface area contributed by atoms with E-state index in [2.05, 4.69) is 47.5 Å². The number of benzene rings is 1. The van der Waals surface area contributed by atoms with Crippen LogP contribution >= 0.6 is 35.6 Å². The summed E-state index contributed by atoms with van der Waals surface area (Å²) >= 11 is 14.3. The zero-order valence-corrected chi connectivity index (χ0v) is 16.8. The van der Waals surface area contributed by atoms with Gasteiger partial charge in [0.25, 0.3) is 0 Å². The summed E-state index contributed by atoms with van der Waals surface area (Å²) in [5.74, 6) is 0. The maximum atomic E-state index is 6.82. The minimum Gasteiger partial charge on any atom is -0.331 e. The van der Waals surface area contributed by atoms with Crippen molar-refractivity contribution in [2.24, 2.45) is 0 Å². The van der Waals surface area contributed by atoms with Gasteiger partial charge in [-0.05, 0) is 70.9 Å². The second kappa shape index (κ2) is 6.35. The Morgan fingerprint density at radius 1 is 1.25 bits per heavy atom. The summed E-state index contributed by atoms with van der Waals surface area (Å²) in [6.45, 7) is 4.29. The molecule has 1 N–H and O–H groups in total. The first kappa shape index (κ1) is 17.0. The molecule has 3 atom stereocenters. The molecule has 2 aromatic rings. The summed E-state index contributed by atoms with van der Waals surface area (Å²) < 4.78 is 2.89. The first-order valence-corrected chi connectivity index (χ1v) is 10.4. The van der Waals surface area contributed by atoms with Crippen molar-refractivity contribution in [3.63, 3.8) is 0 Å². The molecule has 0 unspecified atom stereocenters.